The molecule has 0 atom stereocenters. The van der Waals surface area contributed by atoms with Gasteiger partial charge in [0.2, 0.25) is 0 Å². The van der Waals surface area contributed by atoms with Crippen molar-refractivity contribution in [3.63, 3.8) is 0 Å². The molecule has 0 saturated heterocycles. The molecule has 0 amide bonds. The van der Waals surface area contributed by atoms with Crippen LogP contribution in [-0.4, -0.2) is 31.9 Å². The van der Waals surface area contributed by atoms with E-state index in [0.717, 1.165) is 8.14 Å². The summed E-state index contributed by atoms with van der Waals surface area (Å²) >= 11 is 2.05. The van der Waals surface area contributed by atoms with Crippen molar-refractivity contribution in [3.05, 3.63) is 32.3 Å². The number of imidazole rings is 1. The van der Waals surface area contributed by atoms with Crippen LogP contribution in [0, 0.1) is 3.57 Å². The number of nitrogens with zero attached hydrogens (tertiary/aromatic N) is 2. The molecule has 0 saturated carbocycles. The Morgan fingerprint density at radius 3 is 2.45 bits per heavy atom. The van der Waals surface area contributed by atoms with E-state index in [1.165, 1.54) is 6.07 Å². The number of carbonyl (C=O) groups excluding carboxylic acids is 1. The fraction of sp³-hybridized carbons (Fsp3) is 0.357. The van der Waals surface area contributed by atoms with E-state index in [1.54, 1.807) is 32.9 Å². The van der Waals surface area contributed by atoms with E-state index in [4.69, 9.17) is 4.74 Å². The van der Waals surface area contributed by atoms with E-state index in [1.807, 2.05) is 0 Å². The molecule has 0 unspecified atom stereocenters. The molecule has 0 fully saturated rings. The zero-order valence-electron chi connectivity index (χ0n) is 12.3. The van der Waals surface area contributed by atoms with Gasteiger partial charge < -0.3 is 9.84 Å². The van der Waals surface area contributed by atoms with Gasteiger partial charge in [0.15, 0.2) is 0 Å². The summed E-state index contributed by atoms with van der Waals surface area (Å²) in [7, 11) is 0. The maximum absolute atomic E-state index is 12.3. The topological polar surface area (TPSA) is 90.5 Å². The third-order valence-electron chi connectivity index (χ3n) is 2.79. The second-order valence-corrected chi connectivity index (χ2v) is 6.95. The van der Waals surface area contributed by atoms with Crippen LogP contribution in [0.5, 0.6) is 0 Å². The maximum atomic E-state index is 12.3. The van der Waals surface area contributed by atoms with Gasteiger partial charge in [-0.1, -0.05) is 0 Å². The third kappa shape index (κ3) is 3.32. The molecule has 118 valence electrons. The van der Waals surface area contributed by atoms with Crippen molar-refractivity contribution >= 4 is 45.7 Å². The number of benzene rings is 1. The minimum Gasteiger partial charge on any atom is -0.464 e. The van der Waals surface area contributed by atoms with Gasteiger partial charge in [0.25, 0.3) is 0 Å². The van der Waals surface area contributed by atoms with Gasteiger partial charge in [0.05, 0.1) is 11.0 Å². The first-order valence-corrected chi connectivity index (χ1v) is 7.54. The number of hydrogen-bond acceptors (Lipinski definition) is 4. The van der Waals surface area contributed by atoms with Crippen molar-refractivity contribution < 1.29 is 19.4 Å². The van der Waals surface area contributed by atoms with Crippen molar-refractivity contribution in [2.24, 2.45) is 0 Å². The van der Waals surface area contributed by atoms with Crippen LogP contribution in [0.1, 0.15) is 20.8 Å². The number of carbonyl (C=O) groups is 2. The fourth-order valence-corrected chi connectivity index (χ4v) is 2.54. The van der Waals surface area contributed by atoms with Gasteiger partial charge >= 0.3 is 17.8 Å². The third-order valence-corrected chi connectivity index (χ3v) is 3.46. The molecule has 0 radical (unpaired) electrons. The zero-order chi connectivity index (χ0) is 16.7. The van der Waals surface area contributed by atoms with E-state index in [9.17, 15) is 19.5 Å². The molecule has 0 aliphatic heterocycles. The SMILES string of the molecule is CC(C)(C)OC(=O)Cn1c(=O)n(C(=O)O)c2ccc(I)cc21. The monoisotopic (exact) mass is 418 g/mol. The van der Waals surface area contributed by atoms with Crippen LogP contribution < -0.4 is 5.69 Å². The normalized spacial score (nSPS) is 11.6. The number of hydrogen-bond donors (Lipinski definition) is 1. The van der Waals surface area contributed by atoms with Gasteiger partial charge in [-0.05, 0) is 61.6 Å². The van der Waals surface area contributed by atoms with E-state index >= 15 is 0 Å². The molecule has 1 N–H and O–H groups in total. The summed E-state index contributed by atoms with van der Waals surface area (Å²) in [5.41, 5.74) is -0.845. The Balaban J connectivity index is 2.56. The summed E-state index contributed by atoms with van der Waals surface area (Å²) in [4.78, 5) is 35.5. The molecule has 8 heteroatoms. The number of aromatic nitrogens is 2. The Morgan fingerprint density at radius 1 is 1.27 bits per heavy atom. The molecule has 2 aromatic rings. The summed E-state index contributed by atoms with van der Waals surface area (Å²) in [6.45, 7) is 4.82. The standard InChI is InChI=1S/C14H15IN2O5/c1-14(2,3)22-11(18)7-16-10-6-8(15)4-5-9(10)17(12(16)19)13(20)21/h4-6H,7H2,1-3H3,(H,20,21). The van der Waals surface area contributed by atoms with E-state index in [0.29, 0.717) is 10.1 Å². The van der Waals surface area contributed by atoms with Gasteiger partial charge in [-0.15, -0.1) is 0 Å². The van der Waals surface area contributed by atoms with Crippen LogP contribution in [-0.2, 0) is 16.1 Å². The molecular formula is C14H15IN2O5. The van der Waals surface area contributed by atoms with Gasteiger partial charge in [-0.2, -0.15) is 4.57 Å². The molecule has 0 spiro atoms. The highest BCUT2D eigenvalue weighted by atomic mass is 127. The van der Waals surface area contributed by atoms with Gasteiger partial charge in [-0.25, -0.2) is 9.59 Å². The molecule has 1 heterocycles. The van der Waals surface area contributed by atoms with Crippen LogP contribution in [0.2, 0.25) is 0 Å². The van der Waals surface area contributed by atoms with Crippen LogP contribution in [0.15, 0.2) is 23.0 Å². The van der Waals surface area contributed by atoms with Gasteiger partial charge in [0.1, 0.15) is 12.1 Å². The first-order chi connectivity index (χ1) is 10.1. The average Bonchev–Trinajstić information content (AvgIpc) is 2.60. The lowest BCUT2D eigenvalue weighted by Crippen LogP contribution is -2.33. The minimum atomic E-state index is -1.39. The van der Waals surface area contributed by atoms with Crippen LogP contribution in [0.3, 0.4) is 0 Å². The number of halogens is 1. The van der Waals surface area contributed by atoms with Crippen molar-refractivity contribution in [1.29, 1.82) is 0 Å². The molecule has 0 bridgehead atoms. The highest BCUT2D eigenvalue weighted by Crippen LogP contribution is 2.17. The van der Waals surface area contributed by atoms with Gasteiger partial charge in [0, 0.05) is 3.57 Å². The quantitative estimate of drug-likeness (QED) is 0.597. The molecule has 1 aromatic carbocycles. The second-order valence-electron chi connectivity index (χ2n) is 5.71. The first kappa shape index (κ1) is 16.5. The Bertz CT molecular complexity index is 813. The minimum absolute atomic E-state index is 0.237. The summed E-state index contributed by atoms with van der Waals surface area (Å²) in [6.07, 6.45) is -1.39. The molecular weight excluding hydrogens is 403 g/mol. The smallest absolute Gasteiger partial charge is 0.420 e. The Labute approximate surface area is 139 Å². The Hall–Kier alpha value is -1.84. The van der Waals surface area contributed by atoms with Crippen LogP contribution in [0.25, 0.3) is 11.0 Å². The molecule has 0 aliphatic rings. The van der Waals surface area contributed by atoms with Crippen molar-refractivity contribution in [2.45, 2.75) is 32.9 Å². The van der Waals surface area contributed by atoms with Crippen LogP contribution >= 0.6 is 22.6 Å². The predicted octanol–water partition coefficient (Wildman–Crippen LogP) is 2.28. The molecule has 2 rings (SSSR count). The predicted molar refractivity (Wildman–Crippen MR) is 88.2 cm³/mol. The highest BCUT2D eigenvalue weighted by molar-refractivity contribution is 14.1. The molecule has 7 nitrogen and oxygen atoms in total. The van der Waals surface area contributed by atoms with E-state index in [-0.39, 0.29) is 12.1 Å². The van der Waals surface area contributed by atoms with Crippen molar-refractivity contribution in [3.8, 4) is 0 Å². The summed E-state index contributed by atoms with van der Waals surface area (Å²) < 4.78 is 7.74. The lowest BCUT2D eigenvalue weighted by molar-refractivity contribution is -0.155. The summed E-state index contributed by atoms with van der Waals surface area (Å²) in [5, 5.41) is 9.20. The van der Waals surface area contributed by atoms with Crippen LogP contribution in [0.4, 0.5) is 4.79 Å². The second kappa shape index (κ2) is 5.75. The Morgan fingerprint density at radius 2 is 1.91 bits per heavy atom. The first-order valence-electron chi connectivity index (χ1n) is 6.46. The largest absolute Gasteiger partial charge is 0.464 e. The summed E-state index contributed by atoms with van der Waals surface area (Å²) in [6, 6.07) is 4.89. The number of ether oxygens (including phenoxy) is 1. The lowest BCUT2D eigenvalue weighted by atomic mass is 10.2. The Kier molecular flexibility index (Phi) is 4.32. The van der Waals surface area contributed by atoms with E-state index in [2.05, 4.69) is 22.6 Å². The fourth-order valence-electron chi connectivity index (χ4n) is 2.07. The van der Waals surface area contributed by atoms with E-state index < -0.39 is 23.4 Å². The molecule has 0 aliphatic carbocycles. The highest BCUT2D eigenvalue weighted by Gasteiger charge is 2.22. The van der Waals surface area contributed by atoms with Crippen molar-refractivity contribution in [1.82, 2.24) is 9.13 Å². The lowest BCUT2D eigenvalue weighted by Gasteiger charge is -2.19. The number of fused-ring (bicyclic) bond motifs is 1. The molecule has 1 aromatic heterocycles. The average molecular weight is 418 g/mol. The zero-order valence-corrected chi connectivity index (χ0v) is 14.4. The molecule has 22 heavy (non-hydrogen) atoms. The van der Waals surface area contributed by atoms with Crippen molar-refractivity contribution in [2.75, 3.05) is 0 Å². The maximum Gasteiger partial charge on any atom is 0.420 e. The number of esters is 1. The van der Waals surface area contributed by atoms with Gasteiger partial charge in [-0.3, -0.25) is 9.36 Å². The summed E-state index contributed by atoms with van der Waals surface area (Å²) in [5.74, 6) is -0.599. The number of carboxylic acid groups (broad SMARTS) is 1. The number of rotatable bonds is 2.